The molecule has 2 rings (SSSR count). The Morgan fingerprint density at radius 2 is 2.07 bits per heavy atom. The van der Waals surface area contributed by atoms with Gasteiger partial charge >= 0.3 is 0 Å². The number of hydrogen-bond donors (Lipinski definition) is 1. The van der Waals surface area contributed by atoms with Crippen molar-refractivity contribution in [3.63, 3.8) is 0 Å². The molecule has 2 saturated heterocycles. The van der Waals surface area contributed by atoms with Crippen LogP contribution in [0.25, 0.3) is 0 Å². The van der Waals surface area contributed by atoms with Crippen molar-refractivity contribution in [1.82, 2.24) is 10.2 Å². The van der Waals surface area contributed by atoms with Crippen molar-refractivity contribution in [2.45, 2.75) is 44.2 Å². The maximum Gasteiger partial charge on any atom is 0.0198 e. The molecule has 2 heterocycles. The molecule has 2 atom stereocenters. The standard InChI is InChI=1S/C12H24N2S/c1-15-9-3-2-7-14-8-6-11-4-5-12(10-14)13-11/h11-13H,2-10H2,1H3. The maximum atomic E-state index is 3.74. The van der Waals surface area contributed by atoms with E-state index in [1.165, 1.54) is 57.5 Å². The van der Waals surface area contributed by atoms with Gasteiger partial charge in [0.2, 0.25) is 0 Å². The number of rotatable bonds is 5. The molecule has 2 nitrogen and oxygen atoms in total. The summed E-state index contributed by atoms with van der Waals surface area (Å²) in [5.41, 5.74) is 0. The lowest BCUT2D eigenvalue weighted by Crippen LogP contribution is -2.35. The molecule has 2 unspecified atom stereocenters. The molecule has 88 valence electrons. The molecular formula is C12H24N2S. The van der Waals surface area contributed by atoms with Crippen molar-refractivity contribution in [3.8, 4) is 0 Å². The fourth-order valence-electron chi connectivity index (χ4n) is 2.80. The van der Waals surface area contributed by atoms with Crippen molar-refractivity contribution in [2.75, 3.05) is 31.6 Å². The van der Waals surface area contributed by atoms with Gasteiger partial charge in [0.15, 0.2) is 0 Å². The fourth-order valence-corrected chi connectivity index (χ4v) is 3.29. The van der Waals surface area contributed by atoms with Crippen LogP contribution in [-0.2, 0) is 0 Å². The van der Waals surface area contributed by atoms with Crippen LogP contribution >= 0.6 is 11.8 Å². The first-order valence-corrected chi connectivity index (χ1v) is 7.75. The molecule has 2 aliphatic rings. The van der Waals surface area contributed by atoms with Crippen molar-refractivity contribution in [3.05, 3.63) is 0 Å². The van der Waals surface area contributed by atoms with Crippen molar-refractivity contribution in [1.29, 1.82) is 0 Å². The van der Waals surface area contributed by atoms with Gasteiger partial charge in [0, 0.05) is 18.6 Å². The first-order valence-electron chi connectivity index (χ1n) is 6.36. The zero-order valence-corrected chi connectivity index (χ0v) is 10.7. The molecule has 0 saturated carbocycles. The average molecular weight is 228 g/mol. The lowest BCUT2D eigenvalue weighted by Gasteiger charge is -2.23. The van der Waals surface area contributed by atoms with Crippen LogP contribution in [-0.4, -0.2) is 48.6 Å². The van der Waals surface area contributed by atoms with E-state index in [1.54, 1.807) is 0 Å². The van der Waals surface area contributed by atoms with Crippen LogP contribution in [0.5, 0.6) is 0 Å². The molecule has 0 aromatic carbocycles. The number of likely N-dealkylation sites (tertiary alicyclic amines) is 1. The lowest BCUT2D eigenvalue weighted by molar-refractivity contribution is 0.255. The molecule has 0 radical (unpaired) electrons. The summed E-state index contributed by atoms with van der Waals surface area (Å²) < 4.78 is 0. The van der Waals surface area contributed by atoms with Gasteiger partial charge in [-0.1, -0.05) is 0 Å². The maximum absolute atomic E-state index is 3.74. The molecule has 0 spiro atoms. The number of thioether (sulfide) groups is 1. The van der Waals surface area contributed by atoms with Gasteiger partial charge in [0.25, 0.3) is 0 Å². The molecule has 2 aliphatic heterocycles. The Hall–Kier alpha value is 0.270. The number of nitrogens with zero attached hydrogens (tertiary/aromatic N) is 1. The summed E-state index contributed by atoms with van der Waals surface area (Å²) in [6.45, 7) is 3.95. The molecule has 3 heteroatoms. The monoisotopic (exact) mass is 228 g/mol. The first kappa shape index (κ1) is 11.7. The van der Waals surface area contributed by atoms with Gasteiger partial charge in [-0.25, -0.2) is 0 Å². The minimum atomic E-state index is 0.804. The third-order valence-corrected chi connectivity index (χ3v) is 4.38. The molecule has 0 aromatic heterocycles. The van der Waals surface area contributed by atoms with E-state index >= 15 is 0 Å². The second kappa shape index (κ2) is 6.12. The fraction of sp³-hybridized carbons (Fsp3) is 1.00. The Labute approximate surface area is 98.2 Å². The first-order chi connectivity index (χ1) is 7.38. The quantitative estimate of drug-likeness (QED) is 0.724. The van der Waals surface area contributed by atoms with Crippen LogP contribution in [0, 0.1) is 0 Å². The molecule has 0 aliphatic carbocycles. The SMILES string of the molecule is CSCCCCN1CCC2CCC(C1)N2. The summed E-state index contributed by atoms with van der Waals surface area (Å²) in [6, 6.07) is 1.64. The predicted molar refractivity (Wildman–Crippen MR) is 68.6 cm³/mol. The average Bonchev–Trinajstić information content (AvgIpc) is 2.56. The van der Waals surface area contributed by atoms with Gasteiger partial charge in [-0.2, -0.15) is 11.8 Å². The Kier molecular flexibility index (Phi) is 4.79. The minimum absolute atomic E-state index is 0.804. The summed E-state index contributed by atoms with van der Waals surface area (Å²) in [7, 11) is 0. The van der Waals surface area contributed by atoms with E-state index in [4.69, 9.17) is 0 Å². The topological polar surface area (TPSA) is 15.3 Å². The Morgan fingerprint density at radius 3 is 2.93 bits per heavy atom. The number of fused-ring (bicyclic) bond motifs is 2. The van der Waals surface area contributed by atoms with Crippen LogP contribution in [0.2, 0.25) is 0 Å². The van der Waals surface area contributed by atoms with Gasteiger partial charge in [0.05, 0.1) is 0 Å². The highest BCUT2D eigenvalue weighted by molar-refractivity contribution is 7.98. The van der Waals surface area contributed by atoms with E-state index in [0.29, 0.717) is 0 Å². The summed E-state index contributed by atoms with van der Waals surface area (Å²) in [5.74, 6) is 1.33. The van der Waals surface area contributed by atoms with Crippen LogP contribution in [0.3, 0.4) is 0 Å². The zero-order chi connectivity index (χ0) is 10.5. The summed E-state index contributed by atoms with van der Waals surface area (Å²) in [5, 5.41) is 3.74. The number of unbranched alkanes of at least 4 members (excludes halogenated alkanes) is 1. The van der Waals surface area contributed by atoms with Crippen LogP contribution in [0.15, 0.2) is 0 Å². The van der Waals surface area contributed by atoms with Gasteiger partial charge in [-0.05, 0) is 57.2 Å². The molecule has 1 N–H and O–H groups in total. The van der Waals surface area contributed by atoms with Crippen molar-refractivity contribution in [2.24, 2.45) is 0 Å². The molecule has 2 bridgehead atoms. The van der Waals surface area contributed by atoms with Crippen LogP contribution in [0.4, 0.5) is 0 Å². The largest absolute Gasteiger partial charge is 0.310 e. The van der Waals surface area contributed by atoms with E-state index in [9.17, 15) is 0 Å². The Morgan fingerprint density at radius 1 is 1.20 bits per heavy atom. The third-order valence-electron chi connectivity index (χ3n) is 3.68. The van der Waals surface area contributed by atoms with E-state index in [-0.39, 0.29) is 0 Å². The van der Waals surface area contributed by atoms with E-state index in [1.807, 2.05) is 11.8 Å². The van der Waals surface area contributed by atoms with Crippen LogP contribution in [0.1, 0.15) is 32.1 Å². The van der Waals surface area contributed by atoms with E-state index < -0.39 is 0 Å². The molecule has 0 amide bonds. The molecular weight excluding hydrogens is 204 g/mol. The highest BCUT2D eigenvalue weighted by Crippen LogP contribution is 2.20. The Bertz CT molecular complexity index is 186. The van der Waals surface area contributed by atoms with Crippen LogP contribution < -0.4 is 5.32 Å². The molecule has 2 fully saturated rings. The van der Waals surface area contributed by atoms with Gasteiger partial charge < -0.3 is 10.2 Å². The minimum Gasteiger partial charge on any atom is -0.310 e. The van der Waals surface area contributed by atoms with Crippen molar-refractivity contribution < 1.29 is 0 Å². The van der Waals surface area contributed by atoms with E-state index in [0.717, 1.165) is 12.1 Å². The lowest BCUT2D eigenvalue weighted by atomic mass is 10.1. The summed E-state index contributed by atoms with van der Waals surface area (Å²) in [6.07, 6.45) is 9.18. The third kappa shape index (κ3) is 3.65. The number of nitrogens with one attached hydrogen (secondary N) is 1. The second-order valence-corrected chi connectivity index (χ2v) is 5.91. The van der Waals surface area contributed by atoms with E-state index in [2.05, 4.69) is 16.5 Å². The van der Waals surface area contributed by atoms with Gasteiger partial charge in [-0.15, -0.1) is 0 Å². The number of hydrogen-bond acceptors (Lipinski definition) is 3. The molecule has 0 aromatic rings. The summed E-state index contributed by atoms with van der Waals surface area (Å²) in [4.78, 5) is 2.68. The second-order valence-electron chi connectivity index (χ2n) is 4.93. The summed E-state index contributed by atoms with van der Waals surface area (Å²) >= 11 is 1.97. The van der Waals surface area contributed by atoms with Crippen molar-refractivity contribution >= 4 is 11.8 Å². The predicted octanol–water partition coefficient (Wildman–Crippen LogP) is 1.96. The normalized spacial score (nSPS) is 31.8. The molecule has 15 heavy (non-hydrogen) atoms. The smallest absolute Gasteiger partial charge is 0.0198 e. The van der Waals surface area contributed by atoms with Gasteiger partial charge in [0.1, 0.15) is 0 Å². The van der Waals surface area contributed by atoms with Gasteiger partial charge in [-0.3, -0.25) is 0 Å². The zero-order valence-electron chi connectivity index (χ0n) is 9.87. The highest BCUT2D eigenvalue weighted by atomic mass is 32.2. The Balaban J connectivity index is 1.65. The highest BCUT2D eigenvalue weighted by Gasteiger charge is 2.28.